The standard InChI is InChI=1S/C11H15N3O/c1-12-6-5-11-9-7-8(15)3-4-10(9)13-14(11)2/h3-4,7,12,15H,5-6H2,1-2H3. The van der Waals surface area contributed by atoms with Gasteiger partial charge in [-0.05, 0) is 25.2 Å². The van der Waals surface area contributed by atoms with Gasteiger partial charge in [-0.15, -0.1) is 0 Å². The molecule has 1 heterocycles. The van der Waals surface area contributed by atoms with E-state index in [9.17, 15) is 5.11 Å². The first-order valence-electron chi connectivity index (χ1n) is 5.01. The summed E-state index contributed by atoms with van der Waals surface area (Å²) in [7, 11) is 3.86. The van der Waals surface area contributed by atoms with Gasteiger partial charge in [-0.3, -0.25) is 4.68 Å². The van der Waals surface area contributed by atoms with Gasteiger partial charge in [-0.2, -0.15) is 5.10 Å². The third kappa shape index (κ3) is 1.80. The second-order valence-corrected chi connectivity index (χ2v) is 3.63. The van der Waals surface area contributed by atoms with E-state index in [2.05, 4.69) is 10.4 Å². The number of hydrogen-bond donors (Lipinski definition) is 2. The minimum Gasteiger partial charge on any atom is -0.508 e. The molecule has 0 spiro atoms. The molecule has 1 aromatic carbocycles. The van der Waals surface area contributed by atoms with Crippen molar-refractivity contribution >= 4 is 10.9 Å². The zero-order valence-electron chi connectivity index (χ0n) is 8.99. The molecule has 80 valence electrons. The molecule has 0 radical (unpaired) electrons. The second-order valence-electron chi connectivity index (χ2n) is 3.63. The smallest absolute Gasteiger partial charge is 0.116 e. The minimum absolute atomic E-state index is 0.293. The van der Waals surface area contributed by atoms with Crippen LogP contribution in [0.15, 0.2) is 18.2 Å². The van der Waals surface area contributed by atoms with E-state index in [1.54, 1.807) is 12.1 Å². The molecule has 2 N–H and O–H groups in total. The minimum atomic E-state index is 0.293. The van der Waals surface area contributed by atoms with Crippen molar-refractivity contribution in [3.8, 4) is 5.75 Å². The van der Waals surface area contributed by atoms with E-state index in [1.165, 1.54) is 0 Å². The van der Waals surface area contributed by atoms with Crippen molar-refractivity contribution in [2.24, 2.45) is 7.05 Å². The highest BCUT2D eigenvalue weighted by molar-refractivity contribution is 5.83. The van der Waals surface area contributed by atoms with Gasteiger partial charge in [0.25, 0.3) is 0 Å². The van der Waals surface area contributed by atoms with Gasteiger partial charge in [0, 0.05) is 31.1 Å². The quantitative estimate of drug-likeness (QED) is 0.787. The molecular weight excluding hydrogens is 190 g/mol. The van der Waals surface area contributed by atoms with Gasteiger partial charge in [0.1, 0.15) is 5.75 Å². The number of aromatic nitrogens is 2. The normalized spacial score (nSPS) is 11.1. The molecule has 1 aromatic heterocycles. The number of fused-ring (bicyclic) bond motifs is 1. The Kier molecular flexibility index (Phi) is 2.60. The molecule has 0 fully saturated rings. The fraction of sp³-hybridized carbons (Fsp3) is 0.364. The van der Waals surface area contributed by atoms with E-state index in [4.69, 9.17) is 0 Å². The summed E-state index contributed by atoms with van der Waals surface area (Å²) in [6, 6.07) is 5.28. The van der Waals surface area contributed by atoms with Crippen molar-refractivity contribution in [1.82, 2.24) is 15.1 Å². The summed E-state index contributed by atoms with van der Waals surface area (Å²) in [5.74, 6) is 0.293. The average Bonchev–Trinajstić information content (AvgIpc) is 2.51. The van der Waals surface area contributed by atoms with E-state index in [-0.39, 0.29) is 0 Å². The van der Waals surface area contributed by atoms with Crippen molar-refractivity contribution in [2.75, 3.05) is 13.6 Å². The summed E-state index contributed by atoms with van der Waals surface area (Å²) in [4.78, 5) is 0. The zero-order chi connectivity index (χ0) is 10.8. The maximum atomic E-state index is 9.44. The Morgan fingerprint density at radius 1 is 1.47 bits per heavy atom. The van der Waals surface area contributed by atoms with Gasteiger partial charge >= 0.3 is 0 Å². The maximum Gasteiger partial charge on any atom is 0.116 e. The number of hydrogen-bond acceptors (Lipinski definition) is 3. The summed E-state index contributed by atoms with van der Waals surface area (Å²) in [6.07, 6.45) is 0.910. The van der Waals surface area contributed by atoms with E-state index in [1.807, 2.05) is 24.8 Å². The van der Waals surface area contributed by atoms with E-state index < -0.39 is 0 Å². The Morgan fingerprint density at radius 3 is 3.00 bits per heavy atom. The number of benzene rings is 1. The van der Waals surface area contributed by atoms with Crippen LogP contribution in [0.2, 0.25) is 0 Å². The van der Waals surface area contributed by atoms with Crippen molar-refractivity contribution in [3.05, 3.63) is 23.9 Å². The van der Waals surface area contributed by atoms with Gasteiger partial charge in [0.05, 0.1) is 5.52 Å². The van der Waals surface area contributed by atoms with Crippen LogP contribution in [0.4, 0.5) is 0 Å². The lowest BCUT2D eigenvalue weighted by Gasteiger charge is -2.01. The van der Waals surface area contributed by atoms with Crippen molar-refractivity contribution < 1.29 is 5.11 Å². The monoisotopic (exact) mass is 205 g/mol. The molecule has 2 aromatic rings. The van der Waals surface area contributed by atoms with E-state index >= 15 is 0 Å². The Labute approximate surface area is 88.5 Å². The number of phenols is 1. The summed E-state index contributed by atoms with van der Waals surface area (Å²) < 4.78 is 1.88. The Morgan fingerprint density at radius 2 is 2.27 bits per heavy atom. The van der Waals surface area contributed by atoms with Crippen molar-refractivity contribution in [3.63, 3.8) is 0 Å². The fourth-order valence-electron chi connectivity index (χ4n) is 1.78. The third-order valence-electron chi connectivity index (χ3n) is 2.55. The highest BCUT2D eigenvalue weighted by atomic mass is 16.3. The van der Waals surface area contributed by atoms with Crippen LogP contribution in [0.1, 0.15) is 5.69 Å². The van der Waals surface area contributed by atoms with Gasteiger partial charge < -0.3 is 10.4 Å². The molecule has 0 amide bonds. The number of nitrogens with zero attached hydrogens (tertiary/aromatic N) is 2. The van der Waals surface area contributed by atoms with Crippen LogP contribution >= 0.6 is 0 Å². The van der Waals surface area contributed by atoms with Crippen molar-refractivity contribution in [2.45, 2.75) is 6.42 Å². The molecule has 0 unspecified atom stereocenters. The predicted molar refractivity (Wildman–Crippen MR) is 60.0 cm³/mol. The SMILES string of the molecule is CNCCc1c2cc(O)ccc2nn1C. The Hall–Kier alpha value is -1.55. The van der Waals surface area contributed by atoms with Crippen LogP contribution in [-0.2, 0) is 13.5 Å². The van der Waals surface area contributed by atoms with Crippen LogP contribution in [0.5, 0.6) is 5.75 Å². The molecule has 0 aliphatic carbocycles. The highest BCUT2D eigenvalue weighted by Gasteiger charge is 2.08. The van der Waals surface area contributed by atoms with Crippen LogP contribution in [-0.4, -0.2) is 28.5 Å². The first-order valence-corrected chi connectivity index (χ1v) is 5.01. The largest absolute Gasteiger partial charge is 0.508 e. The fourth-order valence-corrected chi connectivity index (χ4v) is 1.78. The first kappa shape index (κ1) is 9.98. The number of aryl methyl sites for hydroxylation is 1. The molecule has 0 aliphatic rings. The van der Waals surface area contributed by atoms with Crippen LogP contribution in [0.3, 0.4) is 0 Å². The van der Waals surface area contributed by atoms with Gasteiger partial charge in [0.15, 0.2) is 0 Å². The lowest BCUT2D eigenvalue weighted by molar-refractivity contribution is 0.476. The van der Waals surface area contributed by atoms with Crippen LogP contribution < -0.4 is 5.32 Å². The maximum absolute atomic E-state index is 9.44. The number of nitrogens with one attached hydrogen (secondary N) is 1. The van der Waals surface area contributed by atoms with E-state index in [0.717, 1.165) is 29.6 Å². The molecule has 15 heavy (non-hydrogen) atoms. The molecule has 0 atom stereocenters. The Bertz CT molecular complexity index is 476. The molecule has 0 bridgehead atoms. The lowest BCUT2D eigenvalue weighted by atomic mass is 10.1. The number of likely N-dealkylation sites (N-methyl/N-ethyl adjacent to an activating group) is 1. The molecule has 4 heteroatoms. The molecule has 0 aliphatic heterocycles. The second kappa shape index (κ2) is 3.90. The molecule has 2 rings (SSSR count). The van der Waals surface area contributed by atoms with Gasteiger partial charge in [-0.1, -0.05) is 0 Å². The lowest BCUT2D eigenvalue weighted by Crippen LogP contribution is -2.12. The van der Waals surface area contributed by atoms with Crippen molar-refractivity contribution in [1.29, 1.82) is 0 Å². The third-order valence-corrected chi connectivity index (χ3v) is 2.55. The van der Waals surface area contributed by atoms with Crippen LogP contribution in [0, 0.1) is 0 Å². The number of aromatic hydroxyl groups is 1. The van der Waals surface area contributed by atoms with Gasteiger partial charge in [-0.25, -0.2) is 0 Å². The number of phenolic OH excluding ortho intramolecular Hbond substituents is 1. The average molecular weight is 205 g/mol. The molecule has 4 nitrogen and oxygen atoms in total. The first-order chi connectivity index (χ1) is 7.22. The van der Waals surface area contributed by atoms with E-state index in [0.29, 0.717) is 5.75 Å². The van der Waals surface area contributed by atoms with Crippen LogP contribution in [0.25, 0.3) is 10.9 Å². The molecule has 0 saturated heterocycles. The summed E-state index contributed by atoms with van der Waals surface area (Å²) >= 11 is 0. The molecular formula is C11H15N3O. The zero-order valence-corrected chi connectivity index (χ0v) is 8.99. The Balaban J connectivity index is 2.50. The topological polar surface area (TPSA) is 50.1 Å². The highest BCUT2D eigenvalue weighted by Crippen LogP contribution is 2.22. The van der Waals surface area contributed by atoms with Gasteiger partial charge in [0.2, 0.25) is 0 Å². The summed E-state index contributed by atoms with van der Waals surface area (Å²) in [6.45, 7) is 0.907. The summed E-state index contributed by atoms with van der Waals surface area (Å²) in [5.41, 5.74) is 2.08. The number of rotatable bonds is 3. The molecule has 0 saturated carbocycles. The predicted octanol–water partition coefficient (Wildman–Crippen LogP) is 1.04. The summed E-state index contributed by atoms with van der Waals surface area (Å²) in [5, 5.41) is 18.0.